The predicted octanol–water partition coefficient (Wildman–Crippen LogP) is 8.65. The maximum atomic E-state index is 6.65. The van der Waals surface area contributed by atoms with Crippen LogP contribution in [0.3, 0.4) is 0 Å². The van der Waals surface area contributed by atoms with Gasteiger partial charge >= 0.3 is 0 Å². The molecule has 1 heterocycles. The number of hydrogen-bond donors (Lipinski definition) is 0. The SMILES string of the molecule is CCCC1CCC(C2COc3cc4ccccc4cc3-c3cc4ccccc4cc3OC2)CC1. The zero-order valence-corrected chi connectivity index (χ0v) is 20.1. The van der Waals surface area contributed by atoms with Crippen LogP contribution in [0.25, 0.3) is 32.7 Å². The number of hydrogen-bond acceptors (Lipinski definition) is 2. The average molecular weight is 451 g/mol. The molecule has 0 atom stereocenters. The summed E-state index contributed by atoms with van der Waals surface area (Å²) in [7, 11) is 0. The van der Waals surface area contributed by atoms with E-state index in [9.17, 15) is 0 Å². The summed E-state index contributed by atoms with van der Waals surface area (Å²) in [4.78, 5) is 0. The van der Waals surface area contributed by atoms with Crippen LogP contribution in [-0.4, -0.2) is 13.2 Å². The standard InChI is InChI=1S/C32H34O2/c1-2-7-22-12-14-23(15-13-22)28-20-33-31-18-26-10-5-3-8-24(26)16-29(31)30-17-25-9-4-6-11-27(25)19-32(30)34-21-28/h3-6,8-11,16-19,22-23,28H,2,7,12-15,20-21H2,1H3. The van der Waals surface area contributed by atoms with E-state index in [1.165, 1.54) is 60.1 Å². The molecule has 0 spiro atoms. The summed E-state index contributed by atoms with van der Waals surface area (Å²) in [5.74, 6) is 3.97. The van der Waals surface area contributed by atoms with Gasteiger partial charge in [0.25, 0.3) is 0 Å². The van der Waals surface area contributed by atoms with Crippen molar-refractivity contribution in [1.29, 1.82) is 0 Å². The van der Waals surface area contributed by atoms with Gasteiger partial charge in [-0.2, -0.15) is 0 Å². The van der Waals surface area contributed by atoms with E-state index in [1.54, 1.807) is 0 Å². The van der Waals surface area contributed by atoms with E-state index in [-0.39, 0.29) is 0 Å². The van der Waals surface area contributed by atoms with Crippen molar-refractivity contribution in [3.05, 3.63) is 72.8 Å². The molecule has 2 heteroatoms. The monoisotopic (exact) mass is 450 g/mol. The fraction of sp³-hybridized carbons (Fsp3) is 0.375. The van der Waals surface area contributed by atoms with Crippen LogP contribution in [0.4, 0.5) is 0 Å². The summed E-state index contributed by atoms with van der Waals surface area (Å²) in [5, 5.41) is 4.91. The van der Waals surface area contributed by atoms with E-state index in [4.69, 9.17) is 9.47 Å². The van der Waals surface area contributed by atoms with Crippen LogP contribution < -0.4 is 9.47 Å². The Bertz CT molecular complexity index is 1210. The molecular formula is C32H34O2. The first-order valence-corrected chi connectivity index (χ1v) is 13.1. The van der Waals surface area contributed by atoms with Gasteiger partial charge in [-0.3, -0.25) is 0 Å². The van der Waals surface area contributed by atoms with Crippen LogP contribution in [0.1, 0.15) is 45.4 Å². The zero-order chi connectivity index (χ0) is 22.9. The fourth-order valence-electron chi connectivity index (χ4n) is 6.17. The van der Waals surface area contributed by atoms with Gasteiger partial charge in [0.15, 0.2) is 0 Å². The molecule has 1 saturated carbocycles. The normalized spacial score (nSPS) is 21.0. The number of benzene rings is 4. The Morgan fingerprint density at radius 1 is 0.618 bits per heavy atom. The highest BCUT2D eigenvalue weighted by Crippen LogP contribution is 2.44. The van der Waals surface area contributed by atoms with Crippen LogP contribution >= 0.6 is 0 Å². The highest BCUT2D eigenvalue weighted by Gasteiger charge is 2.30. The van der Waals surface area contributed by atoms with Crippen molar-refractivity contribution in [3.63, 3.8) is 0 Å². The largest absolute Gasteiger partial charge is 0.492 e. The Labute approximate surface area is 202 Å². The Kier molecular flexibility index (Phi) is 5.91. The molecule has 0 amide bonds. The minimum absolute atomic E-state index is 0.416. The van der Waals surface area contributed by atoms with Crippen molar-refractivity contribution in [3.8, 4) is 22.6 Å². The molecule has 174 valence electrons. The van der Waals surface area contributed by atoms with Crippen molar-refractivity contribution in [2.45, 2.75) is 45.4 Å². The molecule has 6 rings (SSSR count). The lowest BCUT2D eigenvalue weighted by Gasteiger charge is -2.33. The fourth-order valence-corrected chi connectivity index (χ4v) is 6.17. The summed E-state index contributed by atoms with van der Waals surface area (Å²) in [5.41, 5.74) is 2.26. The third kappa shape index (κ3) is 4.15. The lowest BCUT2D eigenvalue weighted by Crippen LogP contribution is -2.30. The highest BCUT2D eigenvalue weighted by atomic mass is 16.5. The third-order valence-electron chi connectivity index (χ3n) is 8.15. The van der Waals surface area contributed by atoms with Gasteiger partial charge in [0.2, 0.25) is 0 Å². The van der Waals surface area contributed by atoms with E-state index in [0.717, 1.165) is 41.8 Å². The molecule has 4 aromatic carbocycles. The number of fused-ring (bicyclic) bond motifs is 5. The summed E-state index contributed by atoms with van der Waals surface area (Å²) in [6.07, 6.45) is 8.01. The van der Waals surface area contributed by atoms with Crippen molar-refractivity contribution in [2.24, 2.45) is 17.8 Å². The molecular weight excluding hydrogens is 416 g/mol. The Morgan fingerprint density at radius 3 is 1.56 bits per heavy atom. The topological polar surface area (TPSA) is 18.5 Å². The summed E-state index contributed by atoms with van der Waals surface area (Å²) >= 11 is 0. The molecule has 0 N–H and O–H groups in total. The van der Waals surface area contributed by atoms with Gasteiger partial charge < -0.3 is 9.47 Å². The molecule has 2 aliphatic rings. The third-order valence-corrected chi connectivity index (χ3v) is 8.15. The van der Waals surface area contributed by atoms with Crippen molar-refractivity contribution in [1.82, 2.24) is 0 Å². The van der Waals surface area contributed by atoms with Crippen molar-refractivity contribution in [2.75, 3.05) is 13.2 Å². The summed E-state index contributed by atoms with van der Waals surface area (Å²) < 4.78 is 13.3. The number of rotatable bonds is 3. The van der Waals surface area contributed by atoms with E-state index in [0.29, 0.717) is 11.8 Å². The Balaban J connectivity index is 1.41. The second-order valence-corrected chi connectivity index (χ2v) is 10.3. The molecule has 0 unspecified atom stereocenters. The molecule has 4 aromatic rings. The minimum Gasteiger partial charge on any atom is -0.492 e. The maximum absolute atomic E-state index is 6.65. The van der Waals surface area contributed by atoms with E-state index >= 15 is 0 Å². The van der Waals surface area contributed by atoms with Crippen LogP contribution in [0.5, 0.6) is 11.5 Å². The predicted molar refractivity (Wildman–Crippen MR) is 142 cm³/mol. The van der Waals surface area contributed by atoms with Crippen LogP contribution in [0, 0.1) is 17.8 Å². The van der Waals surface area contributed by atoms with Gasteiger partial charge in [0.05, 0.1) is 13.2 Å². The number of ether oxygens (including phenoxy) is 2. The minimum atomic E-state index is 0.416. The second kappa shape index (κ2) is 9.33. The first kappa shape index (κ1) is 21.5. The molecule has 0 aromatic heterocycles. The van der Waals surface area contributed by atoms with E-state index in [1.807, 2.05) is 0 Å². The highest BCUT2D eigenvalue weighted by molar-refractivity contribution is 5.96. The van der Waals surface area contributed by atoms with Gasteiger partial charge in [0, 0.05) is 17.0 Å². The molecule has 1 fully saturated rings. The van der Waals surface area contributed by atoms with Crippen molar-refractivity contribution >= 4 is 21.5 Å². The van der Waals surface area contributed by atoms with Gasteiger partial charge in [-0.15, -0.1) is 0 Å². The lowest BCUT2D eigenvalue weighted by molar-refractivity contribution is 0.0983. The van der Waals surface area contributed by atoms with Gasteiger partial charge in [-0.1, -0.05) is 81.1 Å². The first-order chi connectivity index (χ1) is 16.8. The Hall–Kier alpha value is -3.00. The van der Waals surface area contributed by atoms with Crippen LogP contribution in [-0.2, 0) is 0 Å². The molecule has 0 bridgehead atoms. The average Bonchev–Trinajstić information content (AvgIpc) is 2.95. The molecule has 0 radical (unpaired) electrons. The quantitative estimate of drug-likeness (QED) is 0.311. The first-order valence-electron chi connectivity index (χ1n) is 13.1. The van der Waals surface area contributed by atoms with Crippen LogP contribution in [0.2, 0.25) is 0 Å². The van der Waals surface area contributed by atoms with E-state index < -0.39 is 0 Å². The molecule has 34 heavy (non-hydrogen) atoms. The van der Waals surface area contributed by atoms with Crippen molar-refractivity contribution < 1.29 is 9.47 Å². The van der Waals surface area contributed by atoms with E-state index in [2.05, 4.69) is 79.7 Å². The Morgan fingerprint density at radius 2 is 1.09 bits per heavy atom. The molecule has 2 nitrogen and oxygen atoms in total. The molecule has 0 saturated heterocycles. The molecule has 1 aliphatic heterocycles. The molecule has 1 aliphatic carbocycles. The van der Waals surface area contributed by atoms with Gasteiger partial charge in [-0.05, 0) is 70.5 Å². The smallest absolute Gasteiger partial charge is 0.127 e. The summed E-state index contributed by atoms with van der Waals surface area (Å²) in [6.45, 7) is 3.76. The lowest BCUT2D eigenvalue weighted by atomic mass is 9.75. The zero-order valence-electron chi connectivity index (χ0n) is 20.1. The van der Waals surface area contributed by atoms with Crippen LogP contribution in [0.15, 0.2) is 72.8 Å². The van der Waals surface area contributed by atoms with Gasteiger partial charge in [-0.25, -0.2) is 0 Å². The maximum Gasteiger partial charge on any atom is 0.127 e. The van der Waals surface area contributed by atoms with Gasteiger partial charge in [0.1, 0.15) is 11.5 Å². The second-order valence-electron chi connectivity index (χ2n) is 10.3. The summed E-state index contributed by atoms with van der Waals surface area (Å²) in [6, 6.07) is 26.1.